The molecule has 6 aromatic rings. The number of ketones is 1. The number of carbonyl (C=O) groups excluding carboxylic acids is 18. The van der Waals surface area contributed by atoms with Crippen LogP contribution < -0.4 is 64.2 Å². The number of aliphatic hydroxyl groups is 2. The van der Waals surface area contributed by atoms with Crippen LogP contribution >= 0.6 is 11.8 Å². The molecule has 16 atom stereocenters. The number of aliphatic hydroxyl groups excluding tert-OH is 2. The van der Waals surface area contributed by atoms with Crippen molar-refractivity contribution in [2.24, 2.45) is 17.6 Å². The van der Waals surface area contributed by atoms with Gasteiger partial charge in [-0.1, -0.05) is 94.5 Å². The summed E-state index contributed by atoms with van der Waals surface area (Å²) in [6, 6.07) is -1.82. The SMILES string of the molecule is CCCC[C@H]1C(=O)N(C)[C@@H](CCCC)C(=O)N[C@@H](C)C(=O)N[C@H](C(=O)NCC(N)=O)CSCC(=O)N[C@@H](Cc2ccc(O)cc2)C(=O)N(C)[C@@H](C)C(=O)N[C@@H]2CCC(=O)NCCC[C@@H](NC(=O)[C@H](Cc3cn(C(=O)C(F)(F)F)cn3)NC(=O)[C@@H]3CCCC3C2=O)C(=O)N2C[C@H](O)C[C@H]2C(=O)N[C@@H](Cc2c[nH]c3ccccc23)C(=O)N[C@@H](CO)C(=O)N[C@@H](Cc2c[nH]c3ccccc23)C(=O)N1C. The van der Waals surface area contributed by atoms with Gasteiger partial charge in [0.25, 0.3) is 0 Å². The monoisotopic (exact) mass is 1920 g/mol. The number of fused-ring (bicyclic) bond motifs is 12. The highest BCUT2D eigenvalue weighted by Crippen LogP contribution is 2.35. The van der Waals surface area contributed by atoms with Gasteiger partial charge in [-0.15, -0.1) is 11.8 Å². The number of carbonyl (C=O) groups is 18. The molecular weight excluding hydrogens is 1800 g/mol. The summed E-state index contributed by atoms with van der Waals surface area (Å²) in [5.74, 6) is -22.5. The molecule has 1 aliphatic carbocycles. The molecule has 41 nitrogen and oxygen atoms in total. The Morgan fingerprint density at radius 3 is 1.78 bits per heavy atom. The van der Waals surface area contributed by atoms with E-state index in [-0.39, 0.29) is 80.3 Å². The number of likely N-dealkylation sites (N-methyl/N-ethyl adjacent to an activating group) is 3. The zero-order valence-electron chi connectivity index (χ0n) is 76.4. The molecule has 0 spiro atoms. The molecule has 736 valence electrons. The lowest BCUT2D eigenvalue weighted by molar-refractivity contribution is -0.149. The van der Waals surface area contributed by atoms with Crippen LogP contribution in [0, 0.1) is 11.8 Å². The second-order valence-electron chi connectivity index (χ2n) is 34.8. The second-order valence-corrected chi connectivity index (χ2v) is 35.8. The average molecular weight is 1920 g/mol. The number of hydrogen-bond donors (Lipinski definition) is 17. The number of rotatable bonds is 18. The molecule has 2 bridgehead atoms. The number of H-pyrrole nitrogens is 2. The van der Waals surface area contributed by atoms with Gasteiger partial charge in [-0.25, -0.2) is 4.98 Å². The maximum atomic E-state index is 15.7. The Balaban J connectivity index is 1.03. The topological polar surface area (TPSA) is 589 Å². The van der Waals surface area contributed by atoms with E-state index in [4.69, 9.17) is 5.73 Å². The zero-order chi connectivity index (χ0) is 99.1. The summed E-state index contributed by atoms with van der Waals surface area (Å²) in [6.45, 7) is 3.45. The fourth-order valence-corrected chi connectivity index (χ4v) is 18.0. The van der Waals surface area contributed by atoms with Crippen LogP contribution in [-0.2, 0) is 107 Å². The third-order valence-corrected chi connectivity index (χ3v) is 26.0. The second kappa shape index (κ2) is 48.2. The van der Waals surface area contributed by atoms with E-state index in [2.05, 4.69) is 73.4 Å². The zero-order valence-corrected chi connectivity index (χ0v) is 77.3. The molecule has 4 aliphatic rings. The normalized spacial score (nSPS) is 26.1. The van der Waals surface area contributed by atoms with Crippen molar-refractivity contribution in [3.8, 4) is 5.75 Å². The summed E-state index contributed by atoms with van der Waals surface area (Å²) >= 11 is 0.762. The first kappa shape index (κ1) is 105. The highest BCUT2D eigenvalue weighted by atomic mass is 32.2. The minimum Gasteiger partial charge on any atom is -0.508 e. The van der Waals surface area contributed by atoms with Gasteiger partial charge in [-0.3, -0.25) is 90.9 Å². The van der Waals surface area contributed by atoms with Crippen LogP contribution in [0.4, 0.5) is 13.2 Å². The molecule has 10 rings (SSSR count). The van der Waals surface area contributed by atoms with Crippen LogP contribution in [0.15, 0.2) is 97.7 Å². The molecule has 3 saturated heterocycles. The quantitative estimate of drug-likeness (QED) is 0.0504. The Labute approximate surface area is 784 Å². The maximum absolute atomic E-state index is 15.7. The smallest absolute Gasteiger partial charge is 0.472 e. The molecule has 0 radical (unpaired) electrons. The van der Waals surface area contributed by atoms with Crippen LogP contribution in [0.3, 0.4) is 0 Å². The van der Waals surface area contributed by atoms with Crippen LogP contribution in [0.5, 0.6) is 5.75 Å². The highest BCUT2D eigenvalue weighted by molar-refractivity contribution is 8.00. The highest BCUT2D eigenvalue weighted by Gasteiger charge is 2.48. The summed E-state index contributed by atoms with van der Waals surface area (Å²) in [4.78, 5) is 278. The van der Waals surface area contributed by atoms with Crippen LogP contribution in [0.1, 0.15) is 145 Å². The molecule has 3 aromatic carbocycles. The van der Waals surface area contributed by atoms with Crippen molar-refractivity contribution in [1.82, 2.24) is 97.6 Å². The molecule has 16 amide bonds. The van der Waals surface area contributed by atoms with E-state index >= 15 is 43.2 Å². The lowest BCUT2D eigenvalue weighted by Crippen LogP contribution is -2.61. The predicted molar refractivity (Wildman–Crippen MR) is 486 cm³/mol. The van der Waals surface area contributed by atoms with Crippen molar-refractivity contribution in [2.45, 2.75) is 234 Å². The summed E-state index contributed by atoms with van der Waals surface area (Å²) in [6.07, 6.45) is -4.75. The number of aromatic amines is 2. The molecule has 3 aliphatic heterocycles. The van der Waals surface area contributed by atoms with Gasteiger partial charge in [-0.05, 0) is 99.7 Å². The number of Topliss-reactive ketones (excluding diaryl/α,β-unsaturated/α-hetero) is 1. The number of halogens is 3. The number of unbranched alkanes of at least 4 members (excludes halogenated alkanes) is 2. The van der Waals surface area contributed by atoms with Gasteiger partial charge in [-0.2, -0.15) is 13.2 Å². The van der Waals surface area contributed by atoms with E-state index in [9.17, 15) is 71.6 Å². The van der Waals surface area contributed by atoms with Crippen molar-refractivity contribution in [3.05, 3.63) is 120 Å². The van der Waals surface area contributed by atoms with Gasteiger partial charge in [0.2, 0.25) is 94.5 Å². The molecule has 136 heavy (non-hydrogen) atoms. The van der Waals surface area contributed by atoms with Gasteiger partial charge in [0, 0.05) is 131 Å². The number of thioether (sulfide) groups is 1. The van der Waals surface area contributed by atoms with E-state index in [1.807, 2.05) is 13.8 Å². The average Bonchev–Trinajstić information content (AvgIpc) is 1.70. The van der Waals surface area contributed by atoms with E-state index in [1.54, 1.807) is 60.9 Å². The Morgan fingerprint density at radius 1 is 0.574 bits per heavy atom. The number of imidazole rings is 1. The number of nitrogens with one attached hydrogen (secondary N) is 13. The van der Waals surface area contributed by atoms with Crippen LogP contribution in [0.2, 0.25) is 0 Å². The summed E-state index contributed by atoms with van der Waals surface area (Å²) in [5, 5.41) is 62.7. The van der Waals surface area contributed by atoms with Gasteiger partial charge in [0.15, 0.2) is 5.78 Å². The van der Waals surface area contributed by atoms with Crippen molar-refractivity contribution < 1.29 is 115 Å². The minimum absolute atomic E-state index is 0.00685. The molecule has 1 unspecified atom stereocenters. The number of nitrogens with two attached hydrogens (primary N) is 1. The lowest BCUT2D eigenvalue weighted by Gasteiger charge is -2.36. The first-order valence-electron chi connectivity index (χ1n) is 45.3. The number of nitrogens with zero attached hydrogens (tertiary/aromatic N) is 6. The van der Waals surface area contributed by atoms with Crippen molar-refractivity contribution in [2.75, 3.05) is 58.9 Å². The summed E-state index contributed by atoms with van der Waals surface area (Å²) in [7, 11) is 3.87. The summed E-state index contributed by atoms with van der Waals surface area (Å²) in [5.41, 5.74) is 7.48. The number of alkyl halides is 3. The van der Waals surface area contributed by atoms with Crippen LogP contribution in [-0.4, -0.2) is 310 Å². The molecule has 1 saturated carbocycles. The van der Waals surface area contributed by atoms with E-state index in [1.165, 1.54) is 59.3 Å². The Bertz CT molecular complexity index is 5380. The number of para-hydroxylation sites is 2. The first-order valence-corrected chi connectivity index (χ1v) is 46.4. The Morgan fingerprint density at radius 2 is 1.14 bits per heavy atom. The fraction of sp³-hybridized carbons (Fsp3) is 0.527. The standard InChI is InChI=1S/C91H119F3N20O21S/c1-8-10-25-70-84(129)101-48(3)77(122)109-69(80(125)99-41-73(95)118)45-136-46-75(120)102-66(34-50-27-29-54(116)30-28-50)86(131)110(5)49(4)78(123)103-62-31-32-74(119)96-33-17-24-63(104-82(127)65(105-79(124)59-21-16-20-58(59)76(62)121)37-53-42-113(47-100-53)90(135)91(92,93)94)88(133)114-43-55(117)38-72(114)85(130)106-64(35-51-39-97-60-22-14-12-18-56(51)60)81(126)108-68(44-115)83(128)107-67(36-52-40-98-61-23-15-13-19-57(52)61)87(132)112(7)71(26-11-9-2)89(134)111(70)6/h12-15,18-19,22-23,27-30,39-40,42,47-49,55,58-59,62-72,97-98,115-117H,8-11,16-17,20-21,24-26,31-38,41,43-46H2,1-7H3,(H2,95,118)(H,96,119)(H,99,125)(H,101,129)(H,102,120)(H,103,123)(H,104,127)(H,105,124)(H,106,130)(H,107,128)(H,108,126)(H,109,122)/t48-,49-,55+,58?,59+,62+,63+,64-,65-,66-,67-,68-,69-,70-,71-,72-/m0/s1. The third kappa shape index (κ3) is 27.5. The van der Waals surface area contributed by atoms with Gasteiger partial charge < -0.3 is 109 Å². The molecule has 6 heterocycles. The number of hydrogen-bond acceptors (Lipinski definition) is 23. The first-order chi connectivity index (χ1) is 64.7. The molecular formula is C91H119F3N20O21S. The number of aromatic hydroxyl groups is 1. The predicted octanol–water partition coefficient (Wildman–Crippen LogP) is -0.733. The van der Waals surface area contributed by atoms with Crippen molar-refractivity contribution >= 4 is 140 Å². The van der Waals surface area contributed by atoms with E-state index in [0.29, 0.717) is 76.7 Å². The van der Waals surface area contributed by atoms with E-state index in [0.717, 1.165) is 31.4 Å². The largest absolute Gasteiger partial charge is 0.508 e. The number of benzene rings is 3. The summed E-state index contributed by atoms with van der Waals surface area (Å²) < 4.78 is 41.8. The van der Waals surface area contributed by atoms with Gasteiger partial charge in [0.05, 0.1) is 36.7 Å². The van der Waals surface area contributed by atoms with Gasteiger partial charge >= 0.3 is 12.1 Å². The molecule has 3 aromatic heterocycles. The number of phenols is 1. The fourth-order valence-electron chi connectivity index (χ4n) is 17.2. The number of amides is 16. The van der Waals surface area contributed by atoms with Crippen molar-refractivity contribution in [3.63, 3.8) is 0 Å². The molecule has 4 fully saturated rings. The molecule has 18 N–H and O–H groups in total. The Hall–Kier alpha value is -13.3. The third-order valence-electron chi connectivity index (χ3n) is 25.0. The van der Waals surface area contributed by atoms with E-state index < -0.39 is 272 Å². The lowest BCUT2D eigenvalue weighted by atomic mass is 9.86. The Kier molecular flexibility index (Phi) is 37.1. The number of phenolic OH excluding ortho intramolecular Hbond substituents is 1. The van der Waals surface area contributed by atoms with Crippen molar-refractivity contribution in [1.29, 1.82) is 0 Å². The number of aromatic nitrogens is 4. The molecule has 45 heteroatoms. The van der Waals surface area contributed by atoms with Crippen LogP contribution in [0.25, 0.3) is 21.8 Å². The minimum atomic E-state index is -5.43. The number of primary amides is 1. The maximum Gasteiger partial charge on any atom is 0.472 e. The van der Waals surface area contributed by atoms with Gasteiger partial charge in [0.1, 0.15) is 84.6 Å².